The van der Waals surface area contributed by atoms with Crippen LogP contribution in [0.15, 0.2) is 47.6 Å². The van der Waals surface area contributed by atoms with Gasteiger partial charge in [-0.15, -0.1) is 0 Å². The van der Waals surface area contributed by atoms with Crippen LogP contribution in [0.25, 0.3) is 0 Å². The Balaban J connectivity index is 1.95. The molecule has 2 amide bonds. The Kier molecular flexibility index (Phi) is 5.45. The number of halogens is 1. The molecule has 0 aliphatic rings. The second-order valence-electron chi connectivity index (χ2n) is 4.56. The standard InChI is InChI=1S/C16H14FN3O4/c1-24-14-8-10(6-7-13(14)21)9-18-20-16(23)15(22)19-12-5-3-2-4-11(12)17/h2-9,21H,1H3,(H,19,22)(H,20,23). The van der Waals surface area contributed by atoms with Gasteiger partial charge >= 0.3 is 11.8 Å². The third kappa shape index (κ3) is 4.29. The maximum atomic E-state index is 13.4. The first-order chi connectivity index (χ1) is 11.5. The Bertz CT molecular complexity index is 793. The van der Waals surface area contributed by atoms with E-state index in [2.05, 4.69) is 10.4 Å². The van der Waals surface area contributed by atoms with E-state index >= 15 is 0 Å². The summed E-state index contributed by atoms with van der Waals surface area (Å²) in [6, 6.07) is 9.88. The van der Waals surface area contributed by atoms with Gasteiger partial charge in [-0.1, -0.05) is 12.1 Å². The fourth-order valence-electron chi connectivity index (χ4n) is 1.73. The van der Waals surface area contributed by atoms with Gasteiger partial charge in [0, 0.05) is 0 Å². The number of hydrazone groups is 1. The minimum atomic E-state index is -1.06. The first-order valence-electron chi connectivity index (χ1n) is 6.77. The van der Waals surface area contributed by atoms with Gasteiger partial charge in [0.15, 0.2) is 11.5 Å². The lowest BCUT2D eigenvalue weighted by molar-refractivity contribution is -0.136. The SMILES string of the molecule is COc1cc(C=NNC(=O)C(=O)Nc2ccccc2F)ccc1O. The number of methoxy groups -OCH3 is 1. The number of carbonyl (C=O) groups excluding carboxylic acids is 2. The summed E-state index contributed by atoms with van der Waals surface area (Å²) >= 11 is 0. The maximum absolute atomic E-state index is 13.4. The van der Waals surface area contributed by atoms with Gasteiger partial charge in [0.05, 0.1) is 19.0 Å². The van der Waals surface area contributed by atoms with Gasteiger partial charge < -0.3 is 15.2 Å². The van der Waals surface area contributed by atoms with Crippen LogP contribution in [-0.4, -0.2) is 30.2 Å². The molecule has 2 rings (SSSR count). The molecule has 0 heterocycles. The molecular formula is C16H14FN3O4. The smallest absolute Gasteiger partial charge is 0.329 e. The minimum absolute atomic E-state index is 0.0389. The van der Waals surface area contributed by atoms with E-state index in [1.165, 1.54) is 49.7 Å². The number of hydrogen-bond donors (Lipinski definition) is 3. The number of nitrogens with zero attached hydrogens (tertiary/aromatic N) is 1. The van der Waals surface area contributed by atoms with Crippen LogP contribution in [-0.2, 0) is 9.59 Å². The van der Waals surface area contributed by atoms with Crippen LogP contribution < -0.4 is 15.5 Å². The van der Waals surface area contributed by atoms with Crippen LogP contribution in [0.5, 0.6) is 11.5 Å². The van der Waals surface area contributed by atoms with Crippen molar-refractivity contribution in [1.82, 2.24) is 5.43 Å². The zero-order chi connectivity index (χ0) is 17.5. The van der Waals surface area contributed by atoms with E-state index in [9.17, 15) is 19.1 Å². The molecule has 124 valence electrons. The molecule has 2 aromatic carbocycles. The third-order valence-electron chi connectivity index (χ3n) is 2.91. The van der Waals surface area contributed by atoms with Gasteiger partial charge in [0.1, 0.15) is 5.82 Å². The fourth-order valence-corrected chi connectivity index (χ4v) is 1.73. The van der Waals surface area contributed by atoms with Crippen LogP contribution in [0, 0.1) is 5.82 Å². The van der Waals surface area contributed by atoms with Crippen molar-refractivity contribution in [1.29, 1.82) is 0 Å². The van der Waals surface area contributed by atoms with E-state index < -0.39 is 17.6 Å². The van der Waals surface area contributed by atoms with Gasteiger partial charge in [-0.25, -0.2) is 9.82 Å². The van der Waals surface area contributed by atoms with Crippen molar-refractivity contribution in [3.63, 3.8) is 0 Å². The molecule has 0 saturated carbocycles. The molecule has 0 atom stereocenters. The number of amides is 2. The minimum Gasteiger partial charge on any atom is -0.504 e. The molecule has 0 radical (unpaired) electrons. The molecule has 0 aromatic heterocycles. The fraction of sp³-hybridized carbons (Fsp3) is 0.0625. The van der Waals surface area contributed by atoms with E-state index in [0.717, 1.165) is 6.07 Å². The maximum Gasteiger partial charge on any atom is 0.329 e. The Morgan fingerprint density at radius 1 is 1.21 bits per heavy atom. The lowest BCUT2D eigenvalue weighted by Crippen LogP contribution is -2.32. The molecule has 8 heteroatoms. The van der Waals surface area contributed by atoms with Crippen molar-refractivity contribution in [2.24, 2.45) is 5.10 Å². The summed E-state index contributed by atoms with van der Waals surface area (Å²) in [5.41, 5.74) is 2.44. The quantitative estimate of drug-likeness (QED) is 0.450. The molecule has 0 spiro atoms. The molecule has 0 unspecified atom stereocenters. The third-order valence-corrected chi connectivity index (χ3v) is 2.91. The number of nitrogens with one attached hydrogen (secondary N) is 2. The Labute approximate surface area is 136 Å². The lowest BCUT2D eigenvalue weighted by atomic mass is 10.2. The van der Waals surface area contributed by atoms with Crippen molar-refractivity contribution in [3.05, 3.63) is 53.8 Å². The molecule has 3 N–H and O–H groups in total. The van der Waals surface area contributed by atoms with E-state index in [1.807, 2.05) is 5.43 Å². The zero-order valence-corrected chi connectivity index (χ0v) is 12.6. The Morgan fingerprint density at radius 3 is 2.67 bits per heavy atom. The van der Waals surface area contributed by atoms with Crippen LogP contribution >= 0.6 is 0 Å². The summed E-state index contributed by atoms with van der Waals surface area (Å²) in [6.45, 7) is 0. The second-order valence-corrected chi connectivity index (χ2v) is 4.56. The average molecular weight is 331 g/mol. The van der Waals surface area contributed by atoms with Crippen molar-refractivity contribution in [3.8, 4) is 11.5 Å². The normalized spacial score (nSPS) is 10.4. The highest BCUT2D eigenvalue weighted by molar-refractivity contribution is 6.39. The largest absolute Gasteiger partial charge is 0.504 e. The number of ether oxygens (including phenoxy) is 1. The summed E-state index contributed by atoms with van der Waals surface area (Å²) in [7, 11) is 1.39. The van der Waals surface area contributed by atoms with Crippen molar-refractivity contribution >= 4 is 23.7 Å². The van der Waals surface area contributed by atoms with Gasteiger partial charge in [0.2, 0.25) is 0 Å². The zero-order valence-electron chi connectivity index (χ0n) is 12.6. The molecule has 2 aromatic rings. The van der Waals surface area contributed by atoms with Gasteiger partial charge in [-0.05, 0) is 35.9 Å². The number of phenolic OH excluding ortho intramolecular Hbond substituents is 1. The number of hydrogen-bond acceptors (Lipinski definition) is 5. The highest BCUT2D eigenvalue weighted by atomic mass is 19.1. The number of rotatable bonds is 4. The Hall–Kier alpha value is -3.42. The highest BCUT2D eigenvalue weighted by Crippen LogP contribution is 2.25. The van der Waals surface area contributed by atoms with E-state index in [1.54, 1.807) is 0 Å². The predicted molar refractivity (Wildman–Crippen MR) is 85.4 cm³/mol. The Morgan fingerprint density at radius 2 is 1.96 bits per heavy atom. The average Bonchev–Trinajstić information content (AvgIpc) is 2.58. The number of anilines is 1. The molecule has 24 heavy (non-hydrogen) atoms. The second kappa shape index (κ2) is 7.73. The van der Waals surface area contributed by atoms with Crippen LogP contribution in [0.1, 0.15) is 5.56 Å². The van der Waals surface area contributed by atoms with Crippen LogP contribution in [0.3, 0.4) is 0 Å². The number of benzene rings is 2. The summed E-state index contributed by atoms with van der Waals surface area (Å²) in [5.74, 6) is -2.57. The monoisotopic (exact) mass is 331 g/mol. The number of carbonyl (C=O) groups is 2. The first kappa shape index (κ1) is 16.9. The molecule has 7 nitrogen and oxygen atoms in total. The summed E-state index contributed by atoms with van der Waals surface area (Å²) < 4.78 is 18.3. The van der Waals surface area contributed by atoms with E-state index in [-0.39, 0.29) is 17.2 Å². The molecule has 0 bridgehead atoms. The lowest BCUT2D eigenvalue weighted by Gasteiger charge is -2.05. The van der Waals surface area contributed by atoms with Crippen molar-refractivity contribution < 1.29 is 23.8 Å². The molecule has 0 fully saturated rings. The molecular weight excluding hydrogens is 317 g/mol. The summed E-state index contributed by atoms with van der Waals surface area (Å²) in [4.78, 5) is 23.2. The van der Waals surface area contributed by atoms with Gasteiger partial charge in [-0.3, -0.25) is 9.59 Å². The van der Waals surface area contributed by atoms with Gasteiger partial charge in [-0.2, -0.15) is 5.10 Å². The van der Waals surface area contributed by atoms with Gasteiger partial charge in [0.25, 0.3) is 0 Å². The van der Waals surface area contributed by atoms with Crippen molar-refractivity contribution in [2.75, 3.05) is 12.4 Å². The molecule has 0 aliphatic heterocycles. The summed E-state index contributed by atoms with van der Waals surface area (Å²) in [5, 5.41) is 15.2. The predicted octanol–water partition coefficient (Wildman–Crippen LogP) is 1.63. The topological polar surface area (TPSA) is 100 Å². The highest BCUT2D eigenvalue weighted by Gasteiger charge is 2.14. The summed E-state index contributed by atoms with van der Waals surface area (Å²) in [6.07, 6.45) is 1.26. The molecule has 0 aliphatic carbocycles. The van der Waals surface area contributed by atoms with Crippen molar-refractivity contribution in [2.45, 2.75) is 0 Å². The first-order valence-corrected chi connectivity index (χ1v) is 6.77. The van der Waals surface area contributed by atoms with Crippen LogP contribution in [0.4, 0.5) is 10.1 Å². The van der Waals surface area contributed by atoms with Crippen LogP contribution in [0.2, 0.25) is 0 Å². The van der Waals surface area contributed by atoms with E-state index in [0.29, 0.717) is 5.56 Å². The van der Waals surface area contributed by atoms with E-state index in [4.69, 9.17) is 4.74 Å². The molecule has 0 saturated heterocycles. The number of para-hydroxylation sites is 1. The number of aromatic hydroxyl groups is 1. The number of phenols is 1.